The fourth-order valence-corrected chi connectivity index (χ4v) is 5.32. The summed E-state index contributed by atoms with van der Waals surface area (Å²) in [5.41, 5.74) is 0. The zero-order valence-electron chi connectivity index (χ0n) is 28.6. The first-order chi connectivity index (χ1) is 20.3. The molecule has 7 heteroatoms. The summed E-state index contributed by atoms with van der Waals surface area (Å²) in [5.74, 6) is -1.97. The minimum Gasteiger partial charge on any atom is -0.550 e. The van der Waals surface area contributed by atoms with Gasteiger partial charge in [0.05, 0.1) is 12.2 Å². The second-order valence-corrected chi connectivity index (χ2v) is 12.5. The van der Waals surface area contributed by atoms with Crippen molar-refractivity contribution in [3.63, 3.8) is 0 Å². The number of carbonyl (C=O) groups excluding carboxylic acids is 2. The van der Waals surface area contributed by atoms with Crippen molar-refractivity contribution in [2.24, 2.45) is 0 Å². The van der Waals surface area contributed by atoms with E-state index in [1.54, 1.807) is 0 Å². The van der Waals surface area contributed by atoms with Gasteiger partial charge in [0.25, 0.3) is 0 Å². The third-order valence-electron chi connectivity index (χ3n) is 8.12. The Morgan fingerprint density at radius 3 is 0.860 bits per heavy atom. The summed E-state index contributed by atoms with van der Waals surface area (Å²) >= 11 is 0. The molecule has 6 nitrogen and oxygen atoms in total. The van der Waals surface area contributed by atoms with Crippen LogP contribution in [0, 0.1) is 0 Å². The first-order valence-corrected chi connectivity index (χ1v) is 18.1. The van der Waals surface area contributed by atoms with E-state index in [2.05, 4.69) is 13.8 Å². The van der Waals surface area contributed by atoms with Gasteiger partial charge >= 0.3 is 27.3 Å². The van der Waals surface area contributed by atoms with Gasteiger partial charge in [0.15, 0.2) is 0 Å². The quantitative estimate of drug-likeness (QED) is 0.0540. The molecule has 0 rings (SSSR count). The molecule has 0 fully saturated rings. The van der Waals surface area contributed by atoms with Crippen molar-refractivity contribution in [2.75, 3.05) is 0 Å². The Kier molecular flexibility index (Phi) is 43.7. The number of aliphatic hydroxyl groups is 2. The Morgan fingerprint density at radius 1 is 0.419 bits per heavy atom. The van der Waals surface area contributed by atoms with Crippen LogP contribution >= 0.6 is 0 Å². The van der Waals surface area contributed by atoms with Crippen LogP contribution in [0.3, 0.4) is 0 Å². The summed E-state index contributed by atoms with van der Waals surface area (Å²) < 4.78 is 0. The van der Waals surface area contributed by atoms with E-state index < -0.39 is 11.9 Å². The van der Waals surface area contributed by atoms with Gasteiger partial charge in [-0.3, -0.25) is 0 Å². The number of carbonyl (C=O) groups is 2. The topological polar surface area (TPSA) is 121 Å². The Hall–Kier alpha value is -0.218. The molecule has 252 valence electrons. The van der Waals surface area contributed by atoms with Crippen LogP contribution in [0.15, 0.2) is 0 Å². The summed E-state index contributed by atoms with van der Waals surface area (Å²) in [4.78, 5) is 20.5. The van der Waals surface area contributed by atoms with Crippen molar-refractivity contribution in [2.45, 2.75) is 219 Å². The van der Waals surface area contributed by atoms with Crippen LogP contribution < -0.4 is 10.2 Å². The molecule has 2 N–H and O–H groups in total. The first kappa shape index (κ1) is 47.2. The second-order valence-electron chi connectivity index (χ2n) is 12.5. The van der Waals surface area contributed by atoms with E-state index in [1.807, 2.05) is 0 Å². The van der Waals surface area contributed by atoms with Crippen molar-refractivity contribution in [1.82, 2.24) is 0 Å². The van der Waals surface area contributed by atoms with Crippen LogP contribution in [0.2, 0.25) is 0 Å². The molecule has 2 unspecified atom stereocenters. The molecule has 0 heterocycles. The van der Waals surface area contributed by atoms with Gasteiger partial charge in [-0.15, -0.1) is 0 Å². The molecule has 0 bridgehead atoms. The molecule has 0 spiro atoms. The fraction of sp³-hybridized carbons (Fsp3) is 0.944. The third-order valence-corrected chi connectivity index (χ3v) is 8.12. The summed E-state index contributed by atoms with van der Waals surface area (Å²) in [7, 11) is 0. The maximum Gasteiger partial charge on any atom is 2.00 e. The number of unbranched alkanes of at least 4 members (excludes halogenated alkanes) is 20. The number of carboxylic acid groups (broad SMARTS) is 2. The van der Waals surface area contributed by atoms with Crippen molar-refractivity contribution < 1.29 is 57.3 Å². The summed E-state index contributed by atoms with van der Waals surface area (Å²) in [6, 6.07) is 0. The Labute approximate surface area is 286 Å². The van der Waals surface area contributed by atoms with E-state index in [-0.39, 0.29) is 52.3 Å². The number of hydrogen-bond acceptors (Lipinski definition) is 6. The van der Waals surface area contributed by atoms with Crippen molar-refractivity contribution >= 4 is 11.9 Å². The average molecular weight is 711 g/mol. The van der Waals surface area contributed by atoms with Crippen LogP contribution in [0.5, 0.6) is 0 Å². The van der Waals surface area contributed by atoms with Crippen molar-refractivity contribution in [1.29, 1.82) is 0 Å². The van der Waals surface area contributed by atoms with E-state index in [1.165, 1.54) is 116 Å². The molecule has 0 aromatic rings. The molecule has 43 heavy (non-hydrogen) atoms. The van der Waals surface area contributed by atoms with Gasteiger partial charge in [-0.05, 0) is 51.4 Å². The van der Waals surface area contributed by atoms with Crippen LogP contribution in [0.25, 0.3) is 0 Å². The normalized spacial score (nSPS) is 12.2. The van der Waals surface area contributed by atoms with Crippen LogP contribution in [0.4, 0.5) is 0 Å². The molecular formula is C36H70CdO6. The molecule has 0 aliphatic rings. The molecule has 0 saturated carbocycles. The first-order valence-electron chi connectivity index (χ1n) is 18.1. The van der Waals surface area contributed by atoms with E-state index in [0.29, 0.717) is 12.8 Å². The molecule has 0 amide bonds. The zero-order chi connectivity index (χ0) is 31.5. The average Bonchev–Trinajstić information content (AvgIpc) is 2.95. The maximum atomic E-state index is 10.2. The summed E-state index contributed by atoms with van der Waals surface area (Å²) in [6.45, 7) is 4.50. The largest absolute Gasteiger partial charge is 2.00 e. The van der Waals surface area contributed by atoms with Gasteiger partial charge in [-0.2, -0.15) is 0 Å². The van der Waals surface area contributed by atoms with Gasteiger partial charge in [0.1, 0.15) is 0 Å². The number of aliphatic hydroxyl groups excluding tert-OH is 2. The van der Waals surface area contributed by atoms with E-state index in [0.717, 1.165) is 51.4 Å². The molecule has 0 aliphatic heterocycles. The smallest absolute Gasteiger partial charge is 0.550 e. The van der Waals surface area contributed by atoms with Gasteiger partial charge in [0.2, 0.25) is 0 Å². The number of hydrogen-bond donors (Lipinski definition) is 2. The molecule has 0 aliphatic carbocycles. The summed E-state index contributed by atoms with van der Waals surface area (Å²) in [5, 5.41) is 40.0. The molecular weight excluding hydrogens is 641 g/mol. The molecule has 2 atom stereocenters. The van der Waals surface area contributed by atoms with E-state index in [9.17, 15) is 30.0 Å². The number of rotatable bonds is 32. The molecule has 0 aromatic heterocycles. The second kappa shape index (κ2) is 39.8. The standard InChI is InChI=1S/2C18H36O3.Cd/c2*1-2-3-4-5-6-7-8-9-10-11-14-17(19)15-12-13-16-18(20)21;/h2*17,19H,2-16H2,1H3,(H,20,21);/q;;+2/p-2. The maximum absolute atomic E-state index is 10.2. The van der Waals surface area contributed by atoms with Gasteiger partial charge in [-0.1, -0.05) is 155 Å². The molecule has 0 radical (unpaired) electrons. The van der Waals surface area contributed by atoms with Gasteiger partial charge in [0, 0.05) is 11.9 Å². The van der Waals surface area contributed by atoms with E-state index >= 15 is 0 Å². The number of carboxylic acids is 2. The molecule has 0 saturated heterocycles. The predicted molar refractivity (Wildman–Crippen MR) is 172 cm³/mol. The molecule has 0 aromatic carbocycles. The Morgan fingerprint density at radius 2 is 0.628 bits per heavy atom. The Bertz CT molecular complexity index is 512. The van der Waals surface area contributed by atoms with Crippen LogP contribution in [0.1, 0.15) is 206 Å². The summed E-state index contributed by atoms with van der Waals surface area (Å²) in [6.07, 6.45) is 32.0. The van der Waals surface area contributed by atoms with Gasteiger partial charge < -0.3 is 30.0 Å². The third kappa shape index (κ3) is 46.3. The van der Waals surface area contributed by atoms with E-state index in [4.69, 9.17) is 0 Å². The van der Waals surface area contributed by atoms with Crippen LogP contribution in [-0.4, -0.2) is 34.4 Å². The van der Waals surface area contributed by atoms with Crippen LogP contribution in [-0.2, 0) is 36.9 Å². The minimum absolute atomic E-state index is 0. The zero-order valence-corrected chi connectivity index (χ0v) is 32.6. The predicted octanol–water partition coefficient (Wildman–Crippen LogP) is 7.93. The van der Waals surface area contributed by atoms with Crippen molar-refractivity contribution in [3.05, 3.63) is 0 Å². The SMILES string of the molecule is CCCCCCCCCCCCC(O)CCCCC(=O)[O-].CCCCCCCCCCCCC(O)CCCCC(=O)[O-].[Cd+2]. The Balaban J connectivity index is -0.000000727. The fourth-order valence-electron chi connectivity index (χ4n) is 5.32. The minimum atomic E-state index is -0.987. The number of aliphatic carboxylic acids is 2. The monoisotopic (exact) mass is 712 g/mol. The van der Waals surface area contributed by atoms with Crippen molar-refractivity contribution in [3.8, 4) is 0 Å². The van der Waals surface area contributed by atoms with Gasteiger partial charge in [-0.25, -0.2) is 0 Å².